The minimum absolute atomic E-state index is 0.0263. The number of rotatable bonds is 6. The Morgan fingerprint density at radius 1 is 1.00 bits per heavy atom. The van der Waals surface area contributed by atoms with Crippen LogP contribution in [0.1, 0.15) is 24.0 Å². The van der Waals surface area contributed by atoms with Crippen LogP contribution in [0.25, 0.3) is 0 Å². The standard InChI is InChI=1S/C20H24N4O2/c25-19(22-13-17-6-9-21-10-7-17)12-18-8-11-24(15-18)20(26)23-14-16-4-2-1-3-5-16/h1-7,9-10,18H,8,11-15H2,(H,22,25)(H,23,26). The summed E-state index contributed by atoms with van der Waals surface area (Å²) in [5, 5.41) is 5.87. The maximum absolute atomic E-state index is 12.3. The molecular weight excluding hydrogens is 328 g/mol. The van der Waals surface area contributed by atoms with Crippen LogP contribution in [0.3, 0.4) is 0 Å². The lowest BCUT2D eigenvalue weighted by molar-refractivity contribution is -0.122. The molecule has 1 unspecified atom stereocenters. The summed E-state index contributed by atoms with van der Waals surface area (Å²) in [5.74, 6) is 0.244. The monoisotopic (exact) mass is 352 g/mol. The van der Waals surface area contributed by atoms with Gasteiger partial charge in [-0.15, -0.1) is 0 Å². The third kappa shape index (κ3) is 5.31. The summed E-state index contributed by atoms with van der Waals surface area (Å²) >= 11 is 0. The molecule has 0 radical (unpaired) electrons. The van der Waals surface area contributed by atoms with E-state index < -0.39 is 0 Å². The Labute approximate surface area is 153 Å². The molecule has 0 aliphatic carbocycles. The Balaban J connectivity index is 1.37. The second kappa shape index (κ2) is 8.99. The van der Waals surface area contributed by atoms with E-state index in [9.17, 15) is 9.59 Å². The van der Waals surface area contributed by atoms with Crippen LogP contribution in [-0.4, -0.2) is 34.9 Å². The molecule has 3 amide bonds. The zero-order chi connectivity index (χ0) is 18.2. The number of aromatic nitrogens is 1. The fourth-order valence-electron chi connectivity index (χ4n) is 3.10. The molecule has 1 aromatic heterocycles. The van der Waals surface area contributed by atoms with E-state index in [0.29, 0.717) is 32.6 Å². The normalized spacial score (nSPS) is 16.3. The highest BCUT2D eigenvalue weighted by Crippen LogP contribution is 2.19. The van der Waals surface area contributed by atoms with Crippen molar-refractivity contribution in [1.29, 1.82) is 0 Å². The topological polar surface area (TPSA) is 74.3 Å². The number of hydrogen-bond acceptors (Lipinski definition) is 3. The lowest BCUT2D eigenvalue weighted by atomic mass is 10.0. The van der Waals surface area contributed by atoms with E-state index >= 15 is 0 Å². The van der Waals surface area contributed by atoms with E-state index in [2.05, 4.69) is 15.6 Å². The second-order valence-corrected chi connectivity index (χ2v) is 6.58. The predicted octanol–water partition coefficient (Wildman–Crippen LogP) is 2.32. The van der Waals surface area contributed by atoms with Crippen LogP contribution in [0.2, 0.25) is 0 Å². The van der Waals surface area contributed by atoms with E-state index in [4.69, 9.17) is 0 Å². The van der Waals surface area contributed by atoms with Crippen molar-refractivity contribution in [2.75, 3.05) is 13.1 Å². The molecule has 26 heavy (non-hydrogen) atoms. The lowest BCUT2D eigenvalue weighted by Crippen LogP contribution is -2.38. The molecule has 136 valence electrons. The SMILES string of the molecule is O=C(CC1CCN(C(=O)NCc2ccccc2)C1)NCc1ccncc1. The number of nitrogens with one attached hydrogen (secondary N) is 2. The van der Waals surface area contributed by atoms with Gasteiger partial charge in [0.25, 0.3) is 0 Å². The minimum Gasteiger partial charge on any atom is -0.352 e. The van der Waals surface area contributed by atoms with Gasteiger partial charge in [0.05, 0.1) is 0 Å². The van der Waals surface area contributed by atoms with Gasteiger partial charge in [0.1, 0.15) is 0 Å². The quantitative estimate of drug-likeness (QED) is 0.838. The van der Waals surface area contributed by atoms with Gasteiger partial charge in [0.2, 0.25) is 5.91 Å². The summed E-state index contributed by atoms with van der Waals surface area (Å²) in [5.41, 5.74) is 2.11. The Kier molecular flexibility index (Phi) is 6.19. The van der Waals surface area contributed by atoms with Gasteiger partial charge < -0.3 is 15.5 Å². The molecule has 0 spiro atoms. The number of carbonyl (C=O) groups is 2. The third-order valence-electron chi connectivity index (χ3n) is 4.57. The molecule has 1 aliphatic rings. The Bertz CT molecular complexity index is 721. The van der Waals surface area contributed by atoms with Gasteiger partial charge in [-0.1, -0.05) is 30.3 Å². The number of nitrogens with zero attached hydrogens (tertiary/aromatic N) is 2. The van der Waals surface area contributed by atoms with Gasteiger partial charge in [-0.25, -0.2) is 4.79 Å². The second-order valence-electron chi connectivity index (χ2n) is 6.58. The highest BCUT2D eigenvalue weighted by atomic mass is 16.2. The average Bonchev–Trinajstić information content (AvgIpc) is 3.14. The number of carbonyl (C=O) groups excluding carboxylic acids is 2. The van der Waals surface area contributed by atoms with Crippen molar-refractivity contribution in [1.82, 2.24) is 20.5 Å². The lowest BCUT2D eigenvalue weighted by Gasteiger charge is -2.17. The molecule has 6 nitrogen and oxygen atoms in total. The molecule has 0 bridgehead atoms. The number of benzene rings is 1. The molecule has 6 heteroatoms. The number of hydrogen-bond donors (Lipinski definition) is 2. The zero-order valence-corrected chi connectivity index (χ0v) is 14.7. The van der Waals surface area contributed by atoms with Gasteiger partial charge >= 0.3 is 6.03 Å². The predicted molar refractivity (Wildman–Crippen MR) is 99.1 cm³/mol. The fraction of sp³-hybridized carbons (Fsp3) is 0.350. The summed E-state index contributed by atoms with van der Waals surface area (Å²) in [6.45, 7) is 2.36. The van der Waals surface area contributed by atoms with E-state index in [1.54, 1.807) is 17.3 Å². The summed E-state index contributed by atoms with van der Waals surface area (Å²) in [4.78, 5) is 30.1. The van der Waals surface area contributed by atoms with Crippen molar-refractivity contribution in [3.8, 4) is 0 Å². The summed E-state index contributed by atoms with van der Waals surface area (Å²) in [7, 11) is 0. The molecule has 1 fully saturated rings. The summed E-state index contributed by atoms with van der Waals surface area (Å²) < 4.78 is 0. The van der Waals surface area contributed by atoms with Gasteiger partial charge in [-0.05, 0) is 35.6 Å². The van der Waals surface area contributed by atoms with Crippen molar-refractivity contribution in [3.63, 3.8) is 0 Å². The van der Waals surface area contributed by atoms with E-state index in [-0.39, 0.29) is 17.9 Å². The number of pyridine rings is 1. The first-order valence-electron chi connectivity index (χ1n) is 8.93. The van der Waals surface area contributed by atoms with E-state index in [0.717, 1.165) is 17.5 Å². The van der Waals surface area contributed by atoms with Gasteiger partial charge in [-0.2, -0.15) is 0 Å². The first-order chi connectivity index (χ1) is 12.7. The molecule has 1 aliphatic heterocycles. The maximum atomic E-state index is 12.3. The first kappa shape index (κ1) is 17.9. The molecule has 2 N–H and O–H groups in total. The number of urea groups is 1. The Morgan fingerprint density at radius 3 is 2.46 bits per heavy atom. The molecule has 1 atom stereocenters. The Morgan fingerprint density at radius 2 is 1.69 bits per heavy atom. The number of likely N-dealkylation sites (tertiary alicyclic amines) is 1. The van der Waals surface area contributed by atoms with Crippen molar-refractivity contribution in [3.05, 3.63) is 66.0 Å². The molecule has 3 rings (SSSR count). The molecule has 0 saturated carbocycles. The highest BCUT2D eigenvalue weighted by Gasteiger charge is 2.27. The maximum Gasteiger partial charge on any atom is 0.317 e. The van der Waals surface area contributed by atoms with Crippen LogP contribution in [-0.2, 0) is 17.9 Å². The van der Waals surface area contributed by atoms with Gasteiger partial charge in [-0.3, -0.25) is 9.78 Å². The van der Waals surface area contributed by atoms with E-state index in [1.165, 1.54) is 0 Å². The minimum atomic E-state index is -0.0615. The average molecular weight is 352 g/mol. The molecular formula is C20H24N4O2. The third-order valence-corrected chi connectivity index (χ3v) is 4.57. The Hall–Kier alpha value is -2.89. The first-order valence-corrected chi connectivity index (χ1v) is 8.93. The van der Waals surface area contributed by atoms with Crippen molar-refractivity contribution in [2.45, 2.75) is 25.9 Å². The van der Waals surface area contributed by atoms with Crippen molar-refractivity contribution >= 4 is 11.9 Å². The summed E-state index contributed by atoms with van der Waals surface area (Å²) in [6, 6.07) is 13.5. The van der Waals surface area contributed by atoms with Gasteiger partial charge in [0.15, 0.2) is 0 Å². The van der Waals surface area contributed by atoms with Crippen LogP contribution in [0.15, 0.2) is 54.9 Å². The van der Waals surface area contributed by atoms with Gasteiger partial charge in [0, 0.05) is 45.0 Å². The largest absolute Gasteiger partial charge is 0.352 e. The molecule has 1 saturated heterocycles. The van der Waals surface area contributed by atoms with Crippen LogP contribution in [0, 0.1) is 5.92 Å². The van der Waals surface area contributed by atoms with Crippen LogP contribution in [0.5, 0.6) is 0 Å². The van der Waals surface area contributed by atoms with Crippen LogP contribution >= 0.6 is 0 Å². The van der Waals surface area contributed by atoms with Crippen LogP contribution in [0.4, 0.5) is 4.79 Å². The van der Waals surface area contributed by atoms with Crippen molar-refractivity contribution in [2.24, 2.45) is 5.92 Å². The summed E-state index contributed by atoms with van der Waals surface area (Å²) in [6.07, 6.45) is 4.74. The van der Waals surface area contributed by atoms with Crippen LogP contribution < -0.4 is 10.6 Å². The zero-order valence-electron chi connectivity index (χ0n) is 14.7. The highest BCUT2D eigenvalue weighted by molar-refractivity contribution is 5.77. The molecule has 2 aromatic rings. The van der Waals surface area contributed by atoms with Crippen molar-refractivity contribution < 1.29 is 9.59 Å². The molecule has 2 heterocycles. The van der Waals surface area contributed by atoms with E-state index in [1.807, 2.05) is 42.5 Å². The number of amides is 3. The molecule has 1 aromatic carbocycles. The smallest absolute Gasteiger partial charge is 0.317 e. The fourth-order valence-corrected chi connectivity index (χ4v) is 3.10.